The quantitative estimate of drug-likeness (QED) is 0.675. The van der Waals surface area contributed by atoms with E-state index in [-0.39, 0.29) is 42.3 Å². The molecule has 0 unspecified atom stereocenters. The summed E-state index contributed by atoms with van der Waals surface area (Å²) in [6.07, 6.45) is 3.38. The third kappa shape index (κ3) is 2.52. The molecule has 30 heavy (non-hydrogen) atoms. The number of esters is 1. The van der Waals surface area contributed by atoms with Crippen molar-refractivity contribution in [1.29, 1.82) is 0 Å². The Morgan fingerprint density at radius 1 is 1.33 bits per heavy atom. The smallest absolute Gasteiger partial charge is 0.305 e. The predicted molar refractivity (Wildman–Crippen MR) is 108 cm³/mol. The highest BCUT2D eigenvalue weighted by Crippen LogP contribution is 2.70. The van der Waals surface area contributed by atoms with Crippen LogP contribution in [0.4, 0.5) is 8.78 Å². The van der Waals surface area contributed by atoms with E-state index in [2.05, 4.69) is 0 Å². The molecule has 0 bridgehead atoms. The van der Waals surface area contributed by atoms with Crippen LogP contribution in [0.15, 0.2) is 23.6 Å². The number of fused-ring (bicyclic) bond motifs is 5. The summed E-state index contributed by atoms with van der Waals surface area (Å²) in [7, 11) is 0. The molecule has 0 amide bonds. The molecule has 0 aromatic carbocycles. The maximum Gasteiger partial charge on any atom is 0.305 e. The van der Waals surface area contributed by atoms with Gasteiger partial charge in [-0.25, -0.2) is 8.78 Å². The van der Waals surface area contributed by atoms with Crippen molar-refractivity contribution in [2.24, 2.45) is 28.6 Å². The lowest BCUT2D eigenvalue weighted by Crippen LogP contribution is -2.67. The van der Waals surface area contributed by atoms with Crippen molar-refractivity contribution in [1.82, 2.24) is 0 Å². The zero-order chi connectivity index (χ0) is 22.1. The van der Waals surface area contributed by atoms with Gasteiger partial charge >= 0.3 is 5.97 Å². The fourth-order valence-corrected chi connectivity index (χ4v) is 7.45. The van der Waals surface area contributed by atoms with Crippen LogP contribution in [0, 0.1) is 28.6 Å². The number of hydrogen-bond donors (Lipinski definition) is 1. The normalized spacial score (nSPS) is 47.6. The summed E-state index contributed by atoms with van der Waals surface area (Å²) in [5, 5.41) is 11.3. The van der Waals surface area contributed by atoms with Crippen LogP contribution in [0.3, 0.4) is 0 Å². The van der Waals surface area contributed by atoms with Gasteiger partial charge < -0.3 is 9.84 Å². The first-order valence-electron chi connectivity index (χ1n) is 11.3. The number of hydrogen-bond acceptors (Lipinski definition) is 4. The van der Waals surface area contributed by atoms with Gasteiger partial charge in [0.15, 0.2) is 11.5 Å². The standard InChI is InChI=1S/C24H32F2O4/c1-5-19(29)30-21-13(3)11-16-14-7-8-15-20(25)17(27)9-10-22(15,4)24(14,26)18(28)12-23(16,21)6-2/h9-10,13-14,16,18,21,28H,5-8,11-12H2,1-4H3/t13-,14-,16-,18-,21+,22-,23-,24-/m0/s1. The van der Waals surface area contributed by atoms with E-state index in [1.807, 2.05) is 13.8 Å². The Kier molecular flexibility index (Phi) is 5.04. The van der Waals surface area contributed by atoms with Gasteiger partial charge in [-0.3, -0.25) is 9.59 Å². The SMILES string of the molecule is CCC(=O)O[C@@H]1[C@@H](C)C[C@H]2[C@@H]3CCC4=C(F)C(=O)C=C[C@]4(C)[C@@]3(F)[C@@H](O)C[C@]12CC. The van der Waals surface area contributed by atoms with Crippen LogP contribution in [0.25, 0.3) is 0 Å². The summed E-state index contributed by atoms with van der Waals surface area (Å²) in [6.45, 7) is 7.42. The van der Waals surface area contributed by atoms with Crippen molar-refractivity contribution in [3.05, 3.63) is 23.6 Å². The second-order valence-corrected chi connectivity index (χ2v) is 10.00. The van der Waals surface area contributed by atoms with Gasteiger partial charge in [0.2, 0.25) is 5.78 Å². The first kappa shape index (κ1) is 21.7. The molecule has 4 aliphatic carbocycles. The first-order valence-corrected chi connectivity index (χ1v) is 11.3. The highest BCUT2D eigenvalue weighted by molar-refractivity contribution is 6.04. The number of rotatable bonds is 3. The monoisotopic (exact) mass is 422 g/mol. The number of carbonyl (C=O) groups excluding carboxylic acids is 2. The molecular weight excluding hydrogens is 390 g/mol. The summed E-state index contributed by atoms with van der Waals surface area (Å²) in [5.41, 5.74) is -3.73. The fraction of sp³-hybridized carbons (Fsp3) is 0.750. The maximum absolute atomic E-state index is 17.0. The topological polar surface area (TPSA) is 63.6 Å². The van der Waals surface area contributed by atoms with E-state index in [0.29, 0.717) is 25.7 Å². The molecule has 4 rings (SSSR count). The lowest BCUT2D eigenvalue weighted by Gasteiger charge is -2.62. The minimum Gasteiger partial charge on any atom is -0.461 e. The lowest BCUT2D eigenvalue weighted by molar-refractivity contribution is -0.212. The number of alkyl halides is 1. The molecule has 3 saturated carbocycles. The summed E-state index contributed by atoms with van der Waals surface area (Å²) >= 11 is 0. The molecule has 166 valence electrons. The third-order valence-corrected chi connectivity index (χ3v) is 8.91. The molecule has 0 radical (unpaired) electrons. The Hall–Kier alpha value is -1.56. The van der Waals surface area contributed by atoms with Crippen LogP contribution in [0.2, 0.25) is 0 Å². The number of aliphatic hydroxyl groups excluding tert-OH is 1. The van der Waals surface area contributed by atoms with E-state index >= 15 is 4.39 Å². The van der Waals surface area contributed by atoms with E-state index in [9.17, 15) is 19.1 Å². The van der Waals surface area contributed by atoms with Crippen LogP contribution < -0.4 is 0 Å². The zero-order valence-corrected chi connectivity index (χ0v) is 18.2. The Morgan fingerprint density at radius 3 is 2.67 bits per heavy atom. The van der Waals surface area contributed by atoms with E-state index < -0.39 is 40.1 Å². The number of carbonyl (C=O) groups is 2. The Labute approximate surface area is 176 Å². The molecule has 0 saturated heterocycles. The van der Waals surface area contributed by atoms with E-state index in [4.69, 9.17) is 4.74 Å². The van der Waals surface area contributed by atoms with Crippen molar-refractivity contribution in [3.8, 4) is 0 Å². The summed E-state index contributed by atoms with van der Waals surface area (Å²) in [5.74, 6) is -2.38. The van der Waals surface area contributed by atoms with Gasteiger partial charge in [0, 0.05) is 23.2 Å². The van der Waals surface area contributed by atoms with Crippen LogP contribution in [0.5, 0.6) is 0 Å². The summed E-state index contributed by atoms with van der Waals surface area (Å²) in [6, 6.07) is 0. The highest BCUT2D eigenvalue weighted by Gasteiger charge is 2.72. The molecular formula is C24H32F2O4. The molecule has 4 aliphatic rings. The maximum atomic E-state index is 17.0. The number of allylic oxidation sites excluding steroid dienone is 4. The van der Waals surface area contributed by atoms with Crippen molar-refractivity contribution in [2.45, 2.75) is 84.1 Å². The summed E-state index contributed by atoms with van der Waals surface area (Å²) in [4.78, 5) is 24.0. The Bertz CT molecular complexity index is 835. The average Bonchev–Trinajstić information content (AvgIpc) is 2.98. The summed E-state index contributed by atoms with van der Waals surface area (Å²) < 4.78 is 37.6. The molecule has 1 N–H and O–H groups in total. The minimum absolute atomic E-state index is 0.0601. The van der Waals surface area contributed by atoms with Gasteiger partial charge in [0.25, 0.3) is 0 Å². The molecule has 8 atom stereocenters. The number of halogens is 2. The number of ketones is 1. The van der Waals surface area contributed by atoms with Crippen LogP contribution in [0.1, 0.15) is 66.2 Å². The van der Waals surface area contributed by atoms with Crippen LogP contribution >= 0.6 is 0 Å². The highest BCUT2D eigenvalue weighted by atomic mass is 19.1. The molecule has 4 nitrogen and oxygen atoms in total. The number of ether oxygens (including phenoxy) is 1. The van der Waals surface area contributed by atoms with Gasteiger partial charge in [-0.2, -0.15) is 0 Å². The van der Waals surface area contributed by atoms with Crippen molar-refractivity contribution >= 4 is 11.8 Å². The molecule has 6 heteroatoms. The first-order chi connectivity index (χ1) is 14.1. The van der Waals surface area contributed by atoms with Crippen LogP contribution in [-0.4, -0.2) is 34.7 Å². The molecule has 0 aromatic heterocycles. The second-order valence-electron chi connectivity index (χ2n) is 10.00. The average molecular weight is 423 g/mol. The van der Waals surface area contributed by atoms with Gasteiger partial charge in [-0.1, -0.05) is 26.8 Å². The predicted octanol–water partition coefficient (Wildman–Crippen LogP) is 4.61. The van der Waals surface area contributed by atoms with Crippen LogP contribution in [-0.2, 0) is 14.3 Å². The Morgan fingerprint density at radius 2 is 2.03 bits per heavy atom. The second kappa shape index (κ2) is 6.98. The largest absolute Gasteiger partial charge is 0.461 e. The van der Waals surface area contributed by atoms with Crippen molar-refractivity contribution in [3.63, 3.8) is 0 Å². The van der Waals surface area contributed by atoms with E-state index in [0.717, 1.165) is 6.08 Å². The fourth-order valence-electron chi connectivity index (χ4n) is 7.45. The van der Waals surface area contributed by atoms with E-state index in [1.165, 1.54) is 6.08 Å². The zero-order valence-electron chi connectivity index (χ0n) is 18.2. The molecule has 0 spiro atoms. The molecule has 0 heterocycles. The molecule has 0 aliphatic heterocycles. The van der Waals surface area contributed by atoms with Crippen molar-refractivity contribution in [2.75, 3.05) is 0 Å². The minimum atomic E-state index is -2.07. The molecule has 3 fully saturated rings. The van der Waals surface area contributed by atoms with Gasteiger partial charge in [-0.15, -0.1) is 0 Å². The lowest BCUT2D eigenvalue weighted by atomic mass is 9.45. The van der Waals surface area contributed by atoms with Gasteiger partial charge in [0.1, 0.15) is 6.10 Å². The number of aliphatic hydroxyl groups is 1. The van der Waals surface area contributed by atoms with Gasteiger partial charge in [0.05, 0.1) is 6.10 Å². The van der Waals surface area contributed by atoms with Gasteiger partial charge in [-0.05, 0) is 62.5 Å². The Balaban J connectivity index is 1.80. The third-order valence-electron chi connectivity index (χ3n) is 8.91. The van der Waals surface area contributed by atoms with Crippen molar-refractivity contribution < 1.29 is 28.2 Å². The van der Waals surface area contributed by atoms with E-state index in [1.54, 1.807) is 13.8 Å². The molecule has 0 aromatic rings.